The number of carbonyl (C=O) groups is 1. The van der Waals surface area contributed by atoms with Crippen molar-refractivity contribution >= 4 is 16.8 Å². The van der Waals surface area contributed by atoms with E-state index in [9.17, 15) is 4.79 Å². The molecule has 2 atom stereocenters. The number of hydrogen-bond donors (Lipinski definition) is 2. The topological polar surface area (TPSA) is 48.1 Å². The first-order valence-corrected chi connectivity index (χ1v) is 10.3. The summed E-state index contributed by atoms with van der Waals surface area (Å²) in [6, 6.07) is 8.94. The van der Waals surface area contributed by atoms with E-state index in [1.807, 2.05) is 0 Å². The van der Waals surface area contributed by atoms with Gasteiger partial charge in [0.25, 0.3) is 0 Å². The third kappa shape index (κ3) is 3.80. The average molecular weight is 354 g/mol. The van der Waals surface area contributed by atoms with E-state index in [0.717, 1.165) is 32.4 Å². The molecule has 0 bridgehead atoms. The monoisotopic (exact) mass is 353 g/mol. The van der Waals surface area contributed by atoms with Crippen LogP contribution in [0.3, 0.4) is 0 Å². The van der Waals surface area contributed by atoms with Crippen molar-refractivity contribution in [1.29, 1.82) is 0 Å². The number of carbonyl (C=O) groups excluding carboxylic acids is 1. The fourth-order valence-electron chi connectivity index (χ4n) is 4.82. The molecule has 1 aliphatic carbocycles. The van der Waals surface area contributed by atoms with Gasteiger partial charge in [-0.15, -0.1) is 0 Å². The second-order valence-electron chi connectivity index (χ2n) is 8.28. The number of hydrogen-bond acceptors (Lipinski definition) is 2. The number of rotatable bonds is 4. The highest BCUT2D eigenvalue weighted by Gasteiger charge is 2.26. The molecule has 4 nitrogen and oxygen atoms in total. The first-order chi connectivity index (χ1) is 12.7. The lowest BCUT2D eigenvalue weighted by molar-refractivity contribution is -0.123. The fraction of sp³-hybridized carbons (Fsp3) is 0.591. The van der Waals surface area contributed by atoms with E-state index >= 15 is 0 Å². The molecule has 1 saturated heterocycles. The number of nitrogens with one attached hydrogen (secondary N) is 2. The van der Waals surface area contributed by atoms with E-state index in [0.29, 0.717) is 24.4 Å². The van der Waals surface area contributed by atoms with Gasteiger partial charge in [-0.2, -0.15) is 0 Å². The van der Waals surface area contributed by atoms with Crippen molar-refractivity contribution in [3.8, 4) is 0 Å². The van der Waals surface area contributed by atoms with Crippen molar-refractivity contribution in [2.75, 3.05) is 19.6 Å². The first kappa shape index (κ1) is 17.6. The van der Waals surface area contributed by atoms with Gasteiger partial charge in [-0.3, -0.25) is 9.69 Å². The standard InChI is InChI=1S/C22H31N3O/c1-16-6-2-4-8-20(16)24-22(26)15-25-12-10-17(11-13-25)19-14-23-21-9-5-3-7-18(19)21/h3,5,7,9,14,16-17,20,23H,2,4,6,8,10-13,15H2,1H3,(H,24,26). The lowest BCUT2D eigenvalue weighted by atomic mass is 9.86. The Bertz CT molecular complexity index is 745. The maximum Gasteiger partial charge on any atom is 0.234 e. The van der Waals surface area contributed by atoms with Crippen LogP contribution in [-0.2, 0) is 4.79 Å². The lowest BCUT2D eigenvalue weighted by Crippen LogP contribution is -2.47. The quantitative estimate of drug-likeness (QED) is 0.871. The minimum Gasteiger partial charge on any atom is -0.361 e. The van der Waals surface area contributed by atoms with Gasteiger partial charge in [0.15, 0.2) is 0 Å². The Balaban J connectivity index is 1.29. The molecule has 2 fully saturated rings. The van der Waals surface area contributed by atoms with Crippen molar-refractivity contribution in [3.05, 3.63) is 36.0 Å². The summed E-state index contributed by atoms with van der Waals surface area (Å²) >= 11 is 0. The molecule has 1 aromatic carbocycles. The molecule has 2 N–H and O–H groups in total. The van der Waals surface area contributed by atoms with Gasteiger partial charge in [-0.25, -0.2) is 0 Å². The highest BCUT2D eigenvalue weighted by molar-refractivity contribution is 5.83. The SMILES string of the molecule is CC1CCCCC1NC(=O)CN1CCC(c2c[nH]c3ccccc23)CC1. The molecule has 0 spiro atoms. The molecule has 2 heterocycles. The van der Waals surface area contributed by atoms with Crippen LogP contribution < -0.4 is 5.32 Å². The summed E-state index contributed by atoms with van der Waals surface area (Å²) in [5.74, 6) is 1.44. The van der Waals surface area contributed by atoms with Gasteiger partial charge in [0.2, 0.25) is 5.91 Å². The molecule has 1 amide bonds. The molecular formula is C22H31N3O. The summed E-state index contributed by atoms with van der Waals surface area (Å²) in [7, 11) is 0. The second kappa shape index (κ2) is 7.83. The van der Waals surface area contributed by atoms with E-state index in [-0.39, 0.29) is 5.91 Å². The van der Waals surface area contributed by atoms with Crippen molar-refractivity contribution in [3.63, 3.8) is 0 Å². The Morgan fingerprint density at radius 1 is 1.15 bits per heavy atom. The number of aromatic amines is 1. The largest absolute Gasteiger partial charge is 0.361 e. The van der Waals surface area contributed by atoms with Crippen molar-refractivity contribution in [2.45, 2.75) is 57.4 Å². The normalized spacial score (nSPS) is 25.4. The molecule has 4 heteroatoms. The molecule has 26 heavy (non-hydrogen) atoms. The molecule has 4 rings (SSSR count). The van der Waals surface area contributed by atoms with Gasteiger partial charge in [-0.1, -0.05) is 38.0 Å². The van der Waals surface area contributed by atoms with Crippen LogP contribution >= 0.6 is 0 Å². The van der Waals surface area contributed by atoms with E-state index in [1.165, 1.54) is 35.7 Å². The van der Waals surface area contributed by atoms with Crippen molar-refractivity contribution in [2.24, 2.45) is 5.92 Å². The predicted octanol–water partition coefficient (Wildman–Crippen LogP) is 4.04. The molecule has 2 unspecified atom stereocenters. The van der Waals surface area contributed by atoms with Gasteiger partial charge in [0.05, 0.1) is 6.54 Å². The summed E-state index contributed by atoms with van der Waals surface area (Å²) in [6.45, 7) is 4.86. The van der Waals surface area contributed by atoms with Crippen LogP contribution in [0, 0.1) is 5.92 Å². The van der Waals surface area contributed by atoms with E-state index in [2.05, 4.69) is 52.6 Å². The molecular weight excluding hydrogens is 322 g/mol. The smallest absolute Gasteiger partial charge is 0.234 e. The number of piperidine rings is 1. The fourth-order valence-corrected chi connectivity index (χ4v) is 4.82. The molecule has 1 aromatic heterocycles. The number of benzene rings is 1. The van der Waals surface area contributed by atoms with Crippen LogP contribution in [0.2, 0.25) is 0 Å². The Kier molecular flexibility index (Phi) is 5.30. The third-order valence-electron chi connectivity index (χ3n) is 6.47. The highest BCUT2D eigenvalue weighted by atomic mass is 16.2. The second-order valence-corrected chi connectivity index (χ2v) is 8.28. The maximum absolute atomic E-state index is 12.5. The number of likely N-dealkylation sites (tertiary alicyclic amines) is 1. The number of para-hydroxylation sites is 1. The lowest BCUT2D eigenvalue weighted by Gasteiger charge is -2.33. The summed E-state index contributed by atoms with van der Waals surface area (Å²) in [5, 5.41) is 4.65. The minimum absolute atomic E-state index is 0.217. The zero-order valence-electron chi connectivity index (χ0n) is 15.8. The van der Waals surface area contributed by atoms with Gasteiger partial charge in [0.1, 0.15) is 0 Å². The Hall–Kier alpha value is -1.81. The maximum atomic E-state index is 12.5. The minimum atomic E-state index is 0.217. The van der Waals surface area contributed by atoms with Gasteiger partial charge in [0, 0.05) is 23.1 Å². The zero-order valence-corrected chi connectivity index (χ0v) is 15.8. The molecule has 140 valence electrons. The van der Waals surface area contributed by atoms with Crippen LogP contribution in [0.15, 0.2) is 30.5 Å². The van der Waals surface area contributed by atoms with Gasteiger partial charge < -0.3 is 10.3 Å². The molecule has 2 aromatic rings. The number of nitrogens with zero attached hydrogens (tertiary/aromatic N) is 1. The highest BCUT2D eigenvalue weighted by Crippen LogP contribution is 2.33. The van der Waals surface area contributed by atoms with Crippen LogP contribution in [0.5, 0.6) is 0 Å². The number of amides is 1. The number of H-pyrrole nitrogens is 1. The van der Waals surface area contributed by atoms with E-state index < -0.39 is 0 Å². The summed E-state index contributed by atoms with van der Waals surface area (Å²) in [5.41, 5.74) is 2.67. The molecule has 2 aliphatic rings. The summed E-state index contributed by atoms with van der Waals surface area (Å²) < 4.78 is 0. The Morgan fingerprint density at radius 2 is 1.92 bits per heavy atom. The molecule has 1 aliphatic heterocycles. The number of aromatic nitrogens is 1. The molecule has 0 radical (unpaired) electrons. The van der Waals surface area contributed by atoms with Crippen molar-refractivity contribution < 1.29 is 4.79 Å². The average Bonchev–Trinajstić information content (AvgIpc) is 3.08. The van der Waals surface area contributed by atoms with E-state index in [1.54, 1.807) is 0 Å². The van der Waals surface area contributed by atoms with E-state index in [4.69, 9.17) is 0 Å². The van der Waals surface area contributed by atoms with Crippen molar-refractivity contribution in [1.82, 2.24) is 15.2 Å². The third-order valence-corrected chi connectivity index (χ3v) is 6.47. The zero-order chi connectivity index (χ0) is 17.9. The Morgan fingerprint density at radius 3 is 2.73 bits per heavy atom. The van der Waals surface area contributed by atoms with Crippen LogP contribution in [0.25, 0.3) is 10.9 Å². The Labute approximate surface area is 156 Å². The summed E-state index contributed by atoms with van der Waals surface area (Å²) in [6.07, 6.45) is 9.42. The molecule has 1 saturated carbocycles. The van der Waals surface area contributed by atoms with Gasteiger partial charge >= 0.3 is 0 Å². The first-order valence-electron chi connectivity index (χ1n) is 10.3. The van der Waals surface area contributed by atoms with Crippen LogP contribution in [0.4, 0.5) is 0 Å². The van der Waals surface area contributed by atoms with Crippen LogP contribution in [0.1, 0.15) is 56.9 Å². The summed E-state index contributed by atoms with van der Waals surface area (Å²) in [4.78, 5) is 18.2. The van der Waals surface area contributed by atoms with Crippen LogP contribution in [-0.4, -0.2) is 41.5 Å². The number of fused-ring (bicyclic) bond motifs is 1. The van der Waals surface area contributed by atoms with Gasteiger partial charge in [-0.05, 0) is 62.2 Å². The predicted molar refractivity (Wildman–Crippen MR) is 106 cm³/mol.